The van der Waals surface area contributed by atoms with Crippen LogP contribution in [0.4, 0.5) is 5.69 Å². The Balaban J connectivity index is 1.91. The van der Waals surface area contributed by atoms with Crippen LogP contribution in [0.1, 0.15) is 19.3 Å². The minimum Gasteiger partial charge on any atom is -0.385 e. The van der Waals surface area contributed by atoms with Gasteiger partial charge in [0.2, 0.25) is 0 Å². The van der Waals surface area contributed by atoms with E-state index in [0.29, 0.717) is 10.0 Å². The number of hydrogen-bond acceptors (Lipinski definition) is 1. The monoisotopic (exact) mass is 229 g/mol. The molecule has 1 nitrogen and oxygen atoms in total. The van der Waals surface area contributed by atoms with E-state index in [4.69, 9.17) is 23.2 Å². The quantitative estimate of drug-likeness (QED) is 0.820. The van der Waals surface area contributed by atoms with E-state index in [1.807, 2.05) is 18.2 Å². The highest BCUT2D eigenvalue weighted by Gasteiger charge is 2.16. The van der Waals surface area contributed by atoms with Crippen LogP contribution >= 0.6 is 23.2 Å². The molecule has 1 N–H and O–H groups in total. The fraction of sp³-hybridized carbons (Fsp3) is 0.455. The predicted octanol–water partition coefficient (Wildman–Crippen LogP) is 4.21. The lowest BCUT2D eigenvalue weighted by molar-refractivity contribution is 0.333. The van der Waals surface area contributed by atoms with Gasteiger partial charge in [-0.2, -0.15) is 0 Å². The summed E-state index contributed by atoms with van der Waals surface area (Å²) < 4.78 is 0. The Labute approximate surface area is 94.4 Å². The van der Waals surface area contributed by atoms with Gasteiger partial charge in [0.05, 0.1) is 10.0 Å². The van der Waals surface area contributed by atoms with Crippen molar-refractivity contribution in [2.24, 2.45) is 5.92 Å². The maximum atomic E-state index is 5.91. The molecular weight excluding hydrogens is 217 g/mol. The van der Waals surface area contributed by atoms with E-state index in [9.17, 15) is 0 Å². The summed E-state index contributed by atoms with van der Waals surface area (Å²) in [5, 5.41) is 4.60. The highest BCUT2D eigenvalue weighted by atomic mass is 35.5. The van der Waals surface area contributed by atoms with Crippen molar-refractivity contribution in [3.05, 3.63) is 28.2 Å². The highest BCUT2D eigenvalue weighted by Crippen LogP contribution is 2.28. The second-order valence-electron chi connectivity index (χ2n) is 3.81. The molecule has 0 radical (unpaired) electrons. The minimum absolute atomic E-state index is 0.612. The summed E-state index contributed by atoms with van der Waals surface area (Å²) in [6.07, 6.45) is 4.09. The van der Waals surface area contributed by atoms with Crippen molar-refractivity contribution in [2.45, 2.75) is 19.3 Å². The summed E-state index contributed by atoms with van der Waals surface area (Å²) >= 11 is 11.7. The van der Waals surface area contributed by atoms with E-state index in [2.05, 4.69) is 5.32 Å². The van der Waals surface area contributed by atoms with Crippen LogP contribution < -0.4 is 5.32 Å². The number of hydrogen-bond donors (Lipinski definition) is 1. The smallest absolute Gasteiger partial charge is 0.0612 e. The summed E-state index contributed by atoms with van der Waals surface area (Å²) in [6.45, 7) is 1.05. The summed E-state index contributed by atoms with van der Waals surface area (Å²) in [7, 11) is 0. The summed E-state index contributed by atoms with van der Waals surface area (Å²) in [5.74, 6) is 0.851. The van der Waals surface area contributed by atoms with Gasteiger partial charge in [-0.1, -0.05) is 29.6 Å². The first-order valence-corrected chi connectivity index (χ1v) is 5.70. The third-order valence-electron chi connectivity index (χ3n) is 2.74. The van der Waals surface area contributed by atoms with E-state index in [1.165, 1.54) is 19.3 Å². The molecule has 0 spiro atoms. The van der Waals surface area contributed by atoms with E-state index in [0.717, 1.165) is 18.2 Å². The van der Waals surface area contributed by atoms with Crippen molar-refractivity contribution in [1.82, 2.24) is 0 Å². The Kier molecular flexibility index (Phi) is 3.19. The fourth-order valence-electron chi connectivity index (χ4n) is 1.57. The first-order valence-electron chi connectivity index (χ1n) is 4.94. The highest BCUT2D eigenvalue weighted by molar-refractivity contribution is 6.42. The molecule has 76 valence electrons. The van der Waals surface area contributed by atoms with Gasteiger partial charge < -0.3 is 5.32 Å². The van der Waals surface area contributed by atoms with Gasteiger partial charge >= 0.3 is 0 Å². The molecule has 0 bridgehead atoms. The maximum Gasteiger partial charge on any atom is 0.0612 e. The van der Waals surface area contributed by atoms with Crippen LogP contribution in [0.3, 0.4) is 0 Å². The topological polar surface area (TPSA) is 12.0 Å². The first-order chi connectivity index (χ1) is 6.75. The molecular formula is C11H13Cl2N. The molecule has 3 heteroatoms. The largest absolute Gasteiger partial charge is 0.385 e. The lowest BCUT2D eigenvalue weighted by Gasteiger charge is -2.25. The van der Waals surface area contributed by atoms with Crippen LogP contribution in [-0.2, 0) is 0 Å². The predicted molar refractivity (Wildman–Crippen MR) is 62.3 cm³/mol. The van der Waals surface area contributed by atoms with Gasteiger partial charge in [-0.05, 0) is 37.0 Å². The van der Waals surface area contributed by atoms with Crippen molar-refractivity contribution >= 4 is 28.9 Å². The normalized spacial score (nSPS) is 16.4. The zero-order valence-electron chi connectivity index (χ0n) is 7.89. The fourth-order valence-corrected chi connectivity index (χ4v) is 1.86. The van der Waals surface area contributed by atoms with Gasteiger partial charge in [0.15, 0.2) is 0 Å². The van der Waals surface area contributed by atoms with E-state index in [-0.39, 0.29) is 0 Å². The van der Waals surface area contributed by atoms with Crippen molar-refractivity contribution in [3.63, 3.8) is 0 Å². The maximum absolute atomic E-state index is 5.91. The molecule has 0 amide bonds. The van der Waals surface area contributed by atoms with Crippen molar-refractivity contribution < 1.29 is 0 Å². The second-order valence-corrected chi connectivity index (χ2v) is 4.62. The molecule has 0 aliphatic heterocycles. The Morgan fingerprint density at radius 1 is 1.21 bits per heavy atom. The van der Waals surface area contributed by atoms with E-state index >= 15 is 0 Å². The van der Waals surface area contributed by atoms with Crippen LogP contribution in [0.15, 0.2) is 18.2 Å². The summed E-state index contributed by atoms with van der Waals surface area (Å²) in [6, 6.07) is 5.67. The van der Waals surface area contributed by atoms with Gasteiger partial charge in [-0.15, -0.1) is 0 Å². The molecule has 1 aromatic rings. The average Bonchev–Trinajstić information content (AvgIpc) is 2.08. The minimum atomic E-state index is 0.612. The summed E-state index contributed by atoms with van der Waals surface area (Å²) in [5.41, 5.74) is 1.06. The Morgan fingerprint density at radius 3 is 2.57 bits per heavy atom. The van der Waals surface area contributed by atoms with Crippen molar-refractivity contribution in [3.8, 4) is 0 Å². The molecule has 0 unspecified atom stereocenters. The molecule has 1 saturated carbocycles. The van der Waals surface area contributed by atoms with Gasteiger partial charge in [0.1, 0.15) is 0 Å². The molecule has 0 heterocycles. The van der Waals surface area contributed by atoms with Crippen molar-refractivity contribution in [1.29, 1.82) is 0 Å². The molecule has 1 fully saturated rings. The molecule has 0 saturated heterocycles. The van der Waals surface area contributed by atoms with Gasteiger partial charge in [-0.3, -0.25) is 0 Å². The van der Waals surface area contributed by atoms with Gasteiger partial charge in [-0.25, -0.2) is 0 Å². The molecule has 14 heavy (non-hydrogen) atoms. The number of nitrogens with one attached hydrogen (secondary N) is 1. The number of benzene rings is 1. The van der Waals surface area contributed by atoms with Crippen LogP contribution in [0.25, 0.3) is 0 Å². The molecule has 2 rings (SSSR count). The standard InChI is InChI=1S/C11H13Cl2N/c12-10-5-4-9(6-11(10)13)14-7-8-2-1-3-8/h4-6,8,14H,1-3,7H2. The van der Waals surface area contributed by atoms with Crippen molar-refractivity contribution in [2.75, 3.05) is 11.9 Å². The zero-order valence-corrected chi connectivity index (χ0v) is 9.41. The van der Waals surface area contributed by atoms with Gasteiger partial charge in [0.25, 0.3) is 0 Å². The van der Waals surface area contributed by atoms with Crippen LogP contribution in [0, 0.1) is 5.92 Å². The number of anilines is 1. The van der Waals surface area contributed by atoms with E-state index in [1.54, 1.807) is 0 Å². The first kappa shape index (κ1) is 10.1. The van der Waals surface area contributed by atoms with Crippen LogP contribution in [0.5, 0.6) is 0 Å². The average molecular weight is 230 g/mol. The zero-order chi connectivity index (χ0) is 9.97. The number of rotatable bonds is 3. The van der Waals surface area contributed by atoms with Gasteiger partial charge in [0, 0.05) is 12.2 Å². The third kappa shape index (κ3) is 2.34. The molecule has 1 aliphatic carbocycles. The summed E-state index contributed by atoms with van der Waals surface area (Å²) in [4.78, 5) is 0. The third-order valence-corrected chi connectivity index (χ3v) is 3.48. The van der Waals surface area contributed by atoms with E-state index < -0.39 is 0 Å². The lowest BCUT2D eigenvalue weighted by atomic mass is 9.85. The Morgan fingerprint density at radius 2 is 2.00 bits per heavy atom. The molecule has 0 atom stereocenters. The second kappa shape index (κ2) is 4.41. The molecule has 0 aromatic heterocycles. The van der Waals surface area contributed by atoms with Crippen LogP contribution in [0.2, 0.25) is 10.0 Å². The number of halogens is 2. The molecule has 1 aliphatic rings. The Bertz CT molecular complexity index is 321. The lowest BCUT2D eigenvalue weighted by Crippen LogP contribution is -2.20. The molecule has 1 aromatic carbocycles. The van der Waals surface area contributed by atoms with Crippen LogP contribution in [-0.4, -0.2) is 6.54 Å². The Hall–Kier alpha value is -0.400. The SMILES string of the molecule is Clc1ccc(NCC2CCC2)cc1Cl.